The first-order chi connectivity index (χ1) is 6.89. The molecular formula is C11H20N2OS. The van der Waals surface area contributed by atoms with Gasteiger partial charge < -0.3 is 10.4 Å². The highest BCUT2D eigenvalue weighted by Crippen LogP contribution is 2.15. The van der Waals surface area contributed by atoms with Gasteiger partial charge >= 0.3 is 0 Å². The number of thiazole rings is 1. The van der Waals surface area contributed by atoms with Gasteiger partial charge in [0.05, 0.1) is 16.3 Å². The molecule has 1 aromatic rings. The van der Waals surface area contributed by atoms with Crippen molar-refractivity contribution < 1.29 is 5.11 Å². The zero-order chi connectivity index (χ0) is 11.5. The molecule has 1 unspecified atom stereocenters. The summed E-state index contributed by atoms with van der Waals surface area (Å²) >= 11 is 1.63. The maximum Gasteiger partial charge on any atom is 0.0897 e. The molecule has 0 aliphatic heterocycles. The molecule has 0 amide bonds. The summed E-state index contributed by atoms with van der Waals surface area (Å²) < 4.78 is 0. The normalized spacial score (nSPS) is 15.6. The summed E-state index contributed by atoms with van der Waals surface area (Å²) in [7, 11) is 0. The predicted molar refractivity (Wildman–Crippen MR) is 64.3 cm³/mol. The zero-order valence-corrected chi connectivity index (χ0v) is 10.7. The van der Waals surface area contributed by atoms with Crippen LogP contribution in [-0.4, -0.2) is 28.3 Å². The van der Waals surface area contributed by atoms with Crippen molar-refractivity contribution in [3.8, 4) is 0 Å². The molecule has 1 heterocycles. The van der Waals surface area contributed by atoms with E-state index >= 15 is 0 Å². The first kappa shape index (κ1) is 12.6. The number of rotatable bonds is 5. The Morgan fingerprint density at radius 3 is 2.73 bits per heavy atom. The average Bonchev–Trinajstić information content (AvgIpc) is 2.47. The van der Waals surface area contributed by atoms with Gasteiger partial charge in [-0.15, -0.1) is 11.3 Å². The third kappa shape index (κ3) is 4.73. The molecule has 1 rings (SSSR count). The van der Waals surface area contributed by atoms with Crippen LogP contribution in [0, 0.1) is 6.92 Å². The fourth-order valence-electron chi connectivity index (χ4n) is 1.37. The Morgan fingerprint density at radius 1 is 1.60 bits per heavy atom. The van der Waals surface area contributed by atoms with Crippen molar-refractivity contribution in [1.29, 1.82) is 0 Å². The van der Waals surface area contributed by atoms with E-state index in [1.54, 1.807) is 11.3 Å². The molecule has 0 saturated carbocycles. The standard InChI is InChI=1S/C11H20N2OS/c1-8(2)12-7-11(4,14)5-10-6-15-9(3)13-10/h6,8,12,14H,5,7H2,1-4H3. The number of aromatic nitrogens is 1. The number of nitrogens with zero attached hydrogens (tertiary/aromatic N) is 1. The lowest BCUT2D eigenvalue weighted by molar-refractivity contribution is 0.0573. The highest BCUT2D eigenvalue weighted by molar-refractivity contribution is 7.09. The first-order valence-corrected chi connectivity index (χ1v) is 6.14. The molecule has 0 spiro atoms. The summed E-state index contributed by atoms with van der Waals surface area (Å²) in [6, 6.07) is 0.397. The Balaban J connectivity index is 2.48. The van der Waals surface area contributed by atoms with E-state index in [4.69, 9.17) is 0 Å². The lowest BCUT2D eigenvalue weighted by atomic mass is 10.0. The van der Waals surface area contributed by atoms with Crippen molar-refractivity contribution in [3.63, 3.8) is 0 Å². The third-order valence-electron chi connectivity index (χ3n) is 2.12. The Labute approximate surface area is 95.6 Å². The van der Waals surface area contributed by atoms with E-state index in [9.17, 15) is 5.11 Å². The summed E-state index contributed by atoms with van der Waals surface area (Å²) in [4.78, 5) is 4.35. The molecule has 0 aliphatic rings. The molecule has 4 heteroatoms. The average molecular weight is 228 g/mol. The van der Waals surface area contributed by atoms with Gasteiger partial charge in [0.15, 0.2) is 0 Å². The molecule has 0 aliphatic carbocycles. The maximum atomic E-state index is 10.1. The Bertz CT molecular complexity index is 307. The maximum absolute atomic E-state index is 10.1. The van der Waals surface area contributed by atoms with Gasteiger partial charge in [0.2, 0.25) is 0 Å². The second kappa shape index (κ2) is 5.05. The van der Waals surface area contributed by atoms with E-state index in [1.807, 2.05) is 19.2 Å². The van der Waals surface area contributed by atoms with E-state index < -0.39 is 5.60 Å². The van der Waals surface area contributed by atoms with Crippen molar-refractivity contribution in [3.05, 3.63) is 16.1 Å². The number of aryl methyl sites for hydroxylation is 1. The third-order valence-corrected chi connectivity index (χ3v) is 2.94. The summed E-state index contributed by atoms with van der Waals surface area (Å²) in [5, 5.41) is 16.4. The predicted octanol–water partition coefficient (Wildman–Crippen LogP) is 1.74. The molecule has 0 fully saturated rings. The minimum Gasteiger partial charge on any atom is -0.388 e. The van der Waals surface area contributed by atoms with Crippen LogP contribution in [0.1, 0.15) is 31.5 Å². The second-order valence-electron chi connectivity index (χ2n) is 4.57. The largest absolute Gasteiger partial charge is 0.388 e. The molecular weight excluding hydrogens is 208 g/mol. The second-order valence-corrected chi connectivity index (χ2v) is 5.63. The molecule has 0 aromatic carbocycles. The van der Waals surface area contributed by atoms with E-state index in [-0.39, 0.29) is 0 Å². The monoisotopic (exact) mass is 228 g/mol. The van der Waals surface area contributed by atoms with Crippen molar-refractivity contribution in [2.24, 2.45) is 0 Å². The Morgan fingerprint density at radius 2 is 2.27 bits per heavy atom. The molecule has 2 N–H and O–H groups in total. The van der Waals surface area contributed by atoms with Crippen LogP contribution in [0.2, 0.25) is 0 Å². The van der Waals surface area contributed by atoms with Crippen LogP contribution in [0.15, 0.2) is 5.38 Å². The van der Waals surface area contributed by atoms with Crippen LogP contribution < -0.4 is 5.32 Å². The quantitative estimate of drug-likeness (QED) is 0.807. The van der Waals surface area contributed by atoms with E-state index in [2.05, 4.69) is 24.1 Å². The van der Waals surface area contributed by atoms with Gasteiger partial charge in [-0.3, -0.25) is 0 Å². The molecule has 0 bridgehead atoms. The van der Waals surface area contributed by atoms with Gasteiger partial charge in [0, 0.05) is 24.4 Å². The molecule has 15 heavy (non-hydrogen) atoms. The van der Waals surface area contributed by atoms with Gasteiger partial charge in [-0.1, -0.05) is 13.8 Å². The van der Waals surface area contributed by atoms with Crippen LogP contribution in [0.4, 0.5) is 0 Å². The van der Waals surface area contributed by atoms with Gasteiger partial charge in [-0.2, -0.15) is 0 Å². The van der Waals surface area contributed by atoms with Crippen LogP contribution in [-0.2, 0) is 6.42 Å². The summed E-state index contributed by atoms with van der Waals surface area (Å²) in [5.74, 6) is 0. The Kier molecular flexibility index (Phi) is 4.25. The van der Waals surface area contributed by atoms with Crippen molar-refractivity contribution in [2.45, 2.75) is 45.8 Å². The van der Waals surface area contributed by atoms with Gasteiger partial charge in [-0.05, 0) is 13.8 Å². The van der Waals surface area contributed by atoms with Crippen LogP contribution >= 0.6 is 11.3 Å². The van der Waals surface area contributed by atoms with Gasteiger partial charge in [0.25, 0.3) is 0 Å². The fraction of sp³-hybridized carbons (Fsp3) is 0.727. The van der Waals surface area contributed by atoms with E-state index in [0.29, 0.717) is 19.0 Å². The topological polar surface area (TPSA) is 45.2 Å². The summed E-state index contributed by atoms with van der Waals surface area (Å²) in [5.41, 5.74) is 0.262. The Hall–Kier alpha value is -0.450. The van der Waals surface area contributed by atoms with Crippen LogP contribution in [0.5, 0.6) is 0 Å². The van der Waals surface area contributed by atoms with Gasteiger partial charge in [-0.25, -0.2) is 4.98 Å². The SMILES string of the molecule is Cc1nc(CC(C)(O)CNC(C)C)cs1. The molecule has 86 valence electrons. The van der Waals surface area contributed by atoms with Crippen molar-refractivity contribution in [2.75, 3.05) is 6.54 Å². The van der Waals surface area contributed by atoms with Crippen LogP contribution in [0.25, 0.3) is 0 Å². The molecule has 3 nitrogen and oxygen atoms in total. The minimum atomic E-state index is -0.717. The minimum absolute atomic E-state index is 0.397. The van der Waals surface area contributed by atoms with Gasteiger partial charge in [0.1, 0.15) is 0 Å². The highest BCUT2D eigenvalue weighted by Gasteiger charge is 2.22. The molecule has 1 aromatic heterocycles. The smallest absolute Gasteiger partial charge is 0.0897 e. The lowest BCUT2D eigenvalue weighted by Crippen LogP contribution is -2.42. The number of hydrogen-bond donors (Lipinski definition) is 2. The molecule has 0 radical (unpaired) electrons. The van der Waals surface area contributed by atoms with E-state index in [1.165, 1.54) is 0 Å². The lowest BCUT2D eigenvalue weighted by Gasteiger charge is -2.24. The summed E-state index contributed by atoms with van der Waals surface area (Å²) in [6.45, 7) is 8.57. The van der Waals surface area contributed by atoms with Crippen molar-refractivity contribution >= 4 is 11.3 Å². The molecule has 1 atom stereocenters. The van der Waals surface area contributed by atoms with Crippen LogP contribution in [0.3, 0.4) is 0 Å². The van der Waals surface area contributed by atoms with Crippen molar-refractivity contribution in [1.82, 2.24) is 10.3 Å². The first-order valence-electron chi connectivity index (χ1n) is 5.26. The summed E-state index contributed by atoms with van der Waals surface area (Å²) in [6.07, 6.45) is 0.608. The number of hydrogen-bond acceptors (Lipinski definition) is 4. The number of nitrogens with one attached hydrogen (secondary N) is 1. The fourth-order valence-corrected chi connectivity index (χ4v) is 1.98. The van der Waals surface area contributed by atoms with E-state index in [0.717, 1.165) is 10.7 Å². The zero-order valence-electron chi connectivity index (χ0n) is 9.87. The number of aliphatic hydroxyl groups is 1. The highest BCUT2D eigenvalue weighted by atomic mass is 32.1. The molecule has 0 saturated heterocycles.